The molecule has 3 heteroatoms. The molecule has 0 radical (unpaired) electrons. The van der Waals surface area contributed by atoms with E-state index in [-0.39, 0.29) is 0 Å². The molecule has 0 bridgehead atoms. The van der Waals surface area contributed by atoms with Crippen LogP contribution in [-0.2, 0) is 13.0 Å². The fourth-order valence-corrected chi connectivity index (χ4v) is 1.88. The molecule has 2 aromatic rings. The summed E-state index contributed by atoms with van der Waals surface area (Å²) in [6.45, 7) is 1.03. The third kappa shape index (κ3) is 1.72. The molecule has 0 unspecified atom stereocenters. The molecule has 0 fully saturated rings. The average Bonchev–Trinajstić information content (AvgIpc) is 2.59. The normalized spacial score (nSPS) is 10.4. The fraction of sp³-hybridized carbons (Fsp3) is 0.250. The quantitative estimate of drug-likeness (QED) is 0.817. The molecule has 0 aliphatic carbocycles. The Morgan fingerprint density at radius 3 is 2.87 bits per heavy atom. The molecule has 1 aromatic heterocycles. The molecule has 1 heterocycles. The van der Waals surface area contributed by atoms with E-state index in [0.29, 0.717) is 13.1 Å². The van der Waals surface area contributed by atoms with E-state index in [1.54, 1.807) is 0 Å². The van der Waals surface area contributed by atoms with Gasteiger partial charge in [0.15, 0.2) is 0 Å². The Kier molecular flexibility index (Phi) is 2.70. The van der Waals surface area contributed by atoms with Crippen LogP contribution in [0, 0.1) is 11.3 Å². The van der Waals surface area contributed by atoms with Crippen LogP contribution in [0.4, 0.5) is 0 Å². The van der Waals surface area contributed by atoms with Gasteiger partial charge in [-0.2, -0.15) is 5.26 Å². The Labute approximate surface area is 88.7 Å². The lowest BCUT2D eigenvalue weighted by molar-refractivity contribution is 0.861. The maximum atomic E-state index is 8.72. The van der Waals surface area contributed by atoms with E-state index < -0.39 is 0 Å². The van der Waals surface area contributed by atoms with Gasteiger partial charge in [0, 0.05) is 17.1 Å². The highest BCUT2D eigenvalue weighted by molar-refractivity contribution is 5.84. The molecule has 0 spiro atoms. The van der Waals surface area contributed by atoms with E-state index >= 15 is 0 Å². The lowest BCUT2D eigenvalue weighted by Crippen LogP contribution is -2.02. The van der Waals surface area contributed by atoms with Gasteiger partial charge in [-0.3, -0.25) is 0 Å². The molecule has 2 rings (SSSR count). The first kappa shape index (κ1) is 9.75. The van der Waals surface area contributed by atoms with E-state index in [0.717, 1.165) is 11.9 Å². The predicted octanol–water partition coefficient (Wildman–Crippen LogP) is 1.67. The molecule has 0 saturated carbocycles. The third-order valence-electron chi connectivity index (χ3n) is 2.53. The minimum Gasteiger partial charge on any atom is -0.333 e. The van der Waals surface area contributed by atoms with Gasteiger partial charge in [-0.15, -0.1) is 0 Å². The highest BCUT2D eigenvalue weighted by atomic mass is 15.0. The van der Waals surface area contributed by atoms with Crippen LogP contribution < -0.4 is 5.73 Å². The summed E-state index contributed by atoms with van der Waals surface area (Å²) in [5.41, 5.74) is 7.90. The SMILES string of the molecule is N#CCn1cc(CCN)c2ccccc21. The van der Waals surface area contributed by atoms with E-state index in [4.69, 9.17) is 11.0 Å². The Hall–Kier alpha value is -1.79. The number of nitrogens with two attached hydrogens (primary N) is 1. The summed E-state index contributed by atoms with van der Waals surface area (Å²) < 4.78 is 1.97. The Morgan fingerprint density at radius 2 is 2.13 bits per heavy atom. The first-order chi connectivity index (χ1) is 7.36. The number of aromatic nitrogens is 1. The van der Waals surface area contributed by atoms with E-state index in [9.17, 15) is 0 Å². The van der Waals surface area contributed by atoms with Crippen LogP contribution in [0.3, 0.4) is 0 Å². The molecule has 1 aromatic carbocycles. The lowest BCUT2D eigenvalue weighted by atomic mass is 10.1. The van der Waals surface area contributed by atoms with Gasteiger partial charge < -0.3 is 10.3 Å². The van der Waals surface area contributed by atoms with E-state index in [1.807, 2.05) is 29.0 Å². The van der Waals surface area contributed by atoms with Crippen molar-refractivity contribution in [3.05, 3.63) is 36.0 Å². The summed E-state index contributed by atoms with van der Waals surface area (Å²) in [6.07, 6.45) is 2.89. The zero-order valence-corrected chi connectivity index (χ0v) is 8.48. The summed E-state index contributed by atoms with van der Waals surface area (Å²) in [6, 6.07) is 10.3. The lowest BCUT2D eigenvalue weighted by Gasteiger charge is -1.96. The van der Waals surface area contributed by atoms with Gasteiger partial charge in [0.1, 0.15) is 6.54 Å². The van der Waals surface area contributed by atoms with Gasteiger partial charge in [0.25, 0.3) is 0 Å². The number of benzene rings is 1. The summed E-state index contributed by atoms with van der Waals surface area (Å²) in [7, 11) is 0. The number of nitrogens with zero attached hydrogens (tertiary/aromatic N) is 2. The molecule has 0 saturated heterocycles. The molecule has 76 valence electrons. The number of hydrogen-bond acceptors (Lipinski definition) is 2. The summed E-state index contributed by atoms with van der Waals surface area (Å²) in [5, 5.41) is 9.93. The smallest absolute Gasteiger partial charge is 0.110 e. The number of para-hydroxylation sites is 1. The predicted molar refractivity (Wildman–Crippen MR) is 60.3 cm³/mol. The minimum absolute atomic E-state index is 0.394. The number of fused-ring (bicyclic) bond motifs is 1. The first-order valence-electron chi connectivity index (χ1n) is 5.00. The fourth-order valence-electron chi connectivity index (χ4n) is 1.88. The van der Waals surface area contributed by atoms with Crippen LogP contribution in [0.2, 0.25) is 0 Å². The van der Waals surface area contributed by atoms with Crippen LogP contribution in [0.1, 0.15) is 5.56 Å². The topological polar surface area (TPSA) is 54.7 Å². The standard InChI is InChI=1S/C12H13N3/c13-6-5-10-9-15(8-7-14)12-4-2-1-3-11(10)12/h1-4,9H,5-6,8,13H2. The average molecular weight is 199 g/mol. The van der Waals surface area contributed by atoms with E-state index in [2.05, 4.69) is 12.1 Å². The highest BCUT2D eigenvalue weighted by Crippen LogP contribution is 2.21. The summed E-state index contributed by atoms with van der Waals surface area (Å²) in [4.78, 5) is 0. The second kappa shape index (κ2) is 4.16. The number of nitriles is 1. The monoisotopic (exact) mass is 199 g/mol. The molecular formula is C12H13N3. The van der Waals surface area contributed by atoms with Gasteiger partial charge in [0.2, 0.25) is 0 Å². The molecule has 0 amide bonds. The first-order valence-corrected chi connectivity index (χ1v) is 5.00. The second-order valence-electron chi connectivity index (χ2n) is 3.50. The van der Waals surface area contributed by atoms with Crippen LogP contribution in [0.15, 0.2) is 30.5 Å². The van der Waals surface area contributed by atoms with Gasteiger partial charge in [0.05, 0.1) is 6.07 Å². The van der Waals surface area contributed by atoms with Crippen molar-refractivity contribution in [3.63, 3.8) is 0 Å². The zero-order chi connectivity index (χ0) is 10.7. The van der Waals surface area contributed by atoms with Gasteiger partial charge >= 0.3 is 0 Å². The van der Waals surface area contributed by atoms with Crippen LogP contribution in [0.25, 0.3) is 10.9 Å². The molecule has 2 N–H and O–H groups in total. The van der Waals surface area contributed by atoms with Gasteiger partial charge in [-0.25, -0.2) is 0 Å². The van der Waals surface area contributed by atoms with Crippen LogP contribution >= 0.6 is 0 Å². The highest BCUT2D eigenvalue weighted by Gasteiger charge is 2.06. The van der Waals surface area contributed by atoms with Crippen molar-refractivity contribution in [2.45, 2.75) is 13.0 Å². The van der Waals surface area contributed by atoms with Gasteiger partial charge in [-0.05, 0) is 24.6 Å². The maximum absolute atomic E-state index is 8.72. The Morgan fingerprint density at radius 1 is 1.33 bits per heavy atom. The Bertz CT molecular complexity index is 505. The number of rotatable bonds is 3. The van der Waals surface area contributed by atoms with Crippen molar-refractivity contribution in [3.8, 4) is 6.07 Å². The maximum Gasteiger partial charge on any atom is 0.110 e. The molecular weight excluding hydrogens is 186 g/mol. The van der Waals surface area contributed by atoms with Crippen molar-refractivity contribution in [2.24, 2.45) is 5.73 Å². The molecule has 0 aliphatic rings. The van der Waals surface area contributed by atoms with Gasteiger partial charge in [-0.1, -0.05) is 18.2 Å². The molecule has 15 heavy (non-hydrogen) atoms. The van der Waals surface area contributed by atoms with Crippen molar-refractivity contribution in [1.82, 2.24) is 4.57 Å². The zero-order valence-electron chi connectivity index (χ0n) is 8.48. The summed E-state index contributed by atoms with van der Waals surface area (Å²) >= 11 is 0. The number of hydrogen-bond donors (Lipinski definition) is 1. The van der Waals surface area contributed by atoms with E-state index in [1.165, 1.54) is 10.9 Å². The van der Waals surface area contributed by atoms with Crippen LogP contribution in [-0.4, -0.2) is 11.1 Å². The molecule has 3 nitrogen and oxygen atoms in total. The molecule has 0 aliphatic heterocycles. The third-order valence-corrected chi connectivity index (χ3v) is 2.53. The minimum atomic E-state index is 0.394. The molecule has 0 atom stereocenters. The Balaban J connectivity index is 2.58. The van der Waals surface area contributed by atoms with Crippen molar-refractivity contribution in [1.29, 1.82) is 5.26 Å². The second-order valence-corrected chi connectivity index (χ2v) is 3.50. The van der Waals surface area contributed by atoms with Crippen molar-refractivity contribution >= 4 is 10.9 Å². The largest absolute Gasteiger partial charge is 0.333 e. The van der Waals surface area contributed by atoms with Crippen LogP contribution in [0.5, 0.6) is 0 Å². The van der Waals surface area contributed by atoms with Crippen molar-refractivity contribution in [2.75, 3.05) is 6.54 Å². The van der Waals surface area contributed by atoms with Crippen molar-refractivity contribution < 1.29 is 0 Å². The summed E-state index contributed by atoms with van der Waals surface area (Å²) in [5.74, 6) is 0.